The van der Waals surface area contributed by atoms with Crippen LogP contribution in [0.5, 0.6) is 0 Å². The lowest BCUT2D eigenvalue weighted by Crippen LogP contribution is -2.49. The summed E-state index contributed by atoms with van der Waals surface area (Å²) in [7, 11) is 6.40. The number of nitrogens with zero attached hydrogens (tertiary/aromatic N) is 2. The minimum Gasteiger partial charge on any atom is -0.316 e. The van der Waals surface area contributed by atoms with E-state index in [0.29, 0.717) is 11.5 Å². The van der Waals surface area contributed by atoms with Gasteiger partial charge in [0.1, 0.15) is 0 Å². The van der Waals surface area contributed by atoms with Gasteiger partial charge < -0.3 is 15.1 Å². The van der Waals surface area contributed by atoms with Crippen molar-refractivity contribution in [3.05, 3.63) is 0 Å². The van der Waals surface area contributed by atoms with Crippen LogP contribution in [0.15, 0.2) is 0 Å². The first-order valence-corrected chi connectivity index (χ1v) is 6.47. The van der Waals surface area contributed by atoms with Gasteiger partial charge >= 0.3 is 0 Å². The molecule has 0 aliphatic carbocycles. The van der Waals surface area contributed by atoms with E-state index >= 15 is 0 Å². The Labute approximate surface area is 101 Å². The largest absolute Gasteiger partial charge is 0.316 e. The van der Waals surface area contributed by atoms with E-state index in [4.69, 9.17) is 0 Å². The van der Waals surface area contributed by atoms with E-state index in [1.165, 1.54) is 32.5 Å². The molecule has 1 unspecified atom stereocenters. The highest BCUT2D eigenvalue weighted by molar-refractivity contribution is 4.82. The summed E-state index contributed by atoms with van der Waals surface area (Å²) in [5.74, 6) is 0. The van der Waals surface area contributed by atoms with Gasteiger partial charge in [0.2, 0.25) is 0 Å². The van der Waals surface area contributed by atoms with Gasteiger partial charge in [-0.15, -0.1) is 0 Å². The molecule has 1 aliphatic rings. The summed E-state index contributed by atoms with van der Waals surface area (Å²) < 4.78 is 0. The first kappa shape index (κ1) is 13.9. The molecule has 1 atom stereocenters. The van der Waals surface area contributed by atoms with E-state index in [0.717, 1.165) is 6.54 Å². The number of piperidine rings is 1. The zero-order chi connectivity index (χ0) is 12.2. The highest BCUT2D eigenvalue weighted by atomic mass is 15.2. The second-order valence-corrected chi connectivity index (χ2v) is 6.26. The average Bonchev–Trinajstić information content (AvgIpc) is 2.15. The smallest absolute Gasteiger partial charge is 0.0192 e. The third-order valence-corrected chi connectivity index (χ3v) is 3.31. The number of nitrogens with one attached hydrogen (secondary N) is 1. The SMILES string of the molecule is CNC1CCCN(CC(C)(C)CN(C)C)C1. The van der Waals surface area contributed by atoms with Crippen LogP contribution in [0.4, 0.5) is 0 Å². The van der Waals surface area contributed by atoms with Crippen LogP contribution in [0.1, 0.15) is 26.7 Å². The zero-order valence-corrected chi connectivity index (χ0v) is 11.7. The van der Waals surface area contributed by atoms with Crippen molar-refractivity contribution in [2.45, 2.75) is 32.7 Å². The van der Waals surface area contributed by atoms with Gasteiger partial charge in [0.15, 0.2) is 0 Å². The van der Waals surface area contributed by atoms with Crippen molar-refractivity contribution >= 4 is 0 Å². The Morgan fingerprint density at radius 3 is 2.62 bits per heavy atom. The van der Waals surface area contributed by atoms with E-state index in [1.807, 2.05) is 0 Å². The number of hydrogen-bond acceptors (Lipinski definition) is 3. The van der Waals surface area contributed by atoms with Crippen molar-refractivity contribution < 1.29 is 0 Å². The van der Waals surface area contributed by atoms with Crippen LogP contribution in [-0.2, 0) is 0 Å². The fraction of sp³-hybridized carbons (Fsp3) is 1.00. The first-order chi connectivity index (χ1) is 7.43. The van der Waals surface area contributed by atoms with Gasteiger partial charge in [-0.3, -0.25) is 0 Å². The maximum Gasteiger partial charge on any atom is 0.0192 e. The summed E-state index contributed by atoms with van der Waals surface area (Å²) in [6.07, 6.45) is 2.67. The zero-order valence-electron chi connectivity index (χ0n) is 11.7. The van der Waals surface area contributed by atoms with Gasteiger partial charge in [-0.25, -0.2) is 0 Å². The molecule has 1 fully saturated rings. The average molecular weight is 227 g/mol. The van der Waals surface area contributed by atoms with Crippen molar-refractivity contribution in [2.24, 2.45) is 5.41 Å². The van der Waals surface area contributed by atoms with E-state index in [1.54, 1.807) is 0 Å². The fourth-order valence-electron chi connectivity index (χ4n) is 2.95. The summed E-state index contributed by atoms with van der Waals surface area (Å²) in [6, 6.07) is 0.698. The Balaban J connectivity index is 2.40. The molecule has 0 amide bonds. The summed E-state index contributed by atoms with van der Waals surface area (Å²) in [5, 5.41) is 3.41. The molecule has 96 valence electrons. The first-order valence-electron chi connectivity index (χ1n) is 6.47. The molecule has 0 saturated carbocycles. The normalized spacial score (nSPS) is 24.0. The number of rotatable bonds is 5. The molecule has 1 saturated heterocycles. The summed E-state index contributed by atoms with van der Waals surface area (Å²) in [4.78, 5) is 4.91. The molecule has 3 nitrogen and oxygen atoms in total. The van der Waals surface area contributed by atoms with Crippen LogP contribution in [-0.4, -0.2) is 63.2 Å². The maximum absolute atomic E-state index is 3.41. The van der Waals surface area contributed by atoms with E-state index in [9.17, 15) is 0 Å². The minimum absolute atomic E-state index is 0.388. The second kappa shape index (κ2) is 5.99. The van der Waals surface area contributed by atoms with Crippen LogP contribution in [0.2, 0.25) is 0 Å². The minimum atomic E-state index is 0.388. The van der Waals surface area contributed by atoms with Crippen molar-refractivity contribution in [1.82, 2.24) is 15.1 Å². The Bertz CT molecular complexity index is 201. The Morgan fingerprint density at radius 1 is 1.38 bits per heavy atom. The molecule has 16 heavy (non-hydrogen) atoms. The number of likely N-dealkylation sites (N-methyl/N-ethyl adjacent to an activating group) is 1. The monoisotopic (exact) mass is 227 g/mol. The van der Waals surface area contributed by atoms with Crippen molar-refractivity contribution in [1.29, 1.82) is 0 Å². The van der Waals surface area contributed by atoms with Gasteiger partial charge in [0.05, 0.1) is 0 Å². The maximum atomic E-state index is 3.41. The molecule has 0 bridgehead atoms. The third-order valence-electron chi connectivity index (χ3n) is 3.31. The van der Waals surface area contributed by atoms with Crippen molar-refractivity contribution in [3.63, 3.8) is 0 Å². The van der Waals surface area contributed by atoms with Crippen LogP contribution < -0.4 is 5.32 Å². The van der Waals surface area contributed by atoms with Crippen LogP contribution in [0.25, 0.3) is 0 Å². The van der Waals surface area contributed by atoms with Crippen molar-refractivity contribution in [2.75, 3.05) is 47.3 Å². The molecule has 1 N–H and O–H groups in total. The van der Waals surface area contributed by atoms with Crippen molar-refractivity contribution in [3.8, 4) is 0 Å². The van der Waals surface area contributed by atoms with E-state index in [2.05, 4.69) is 50.1 Å². The lowest BCUT2D eigenvalue weighted by molar-refractivity contribution is 0.114. The van der Waals surface area contributed by atoms with Gasteiger partial charge in [-0.1, -0.05) is 13.8 Å². The highest BCUT2D eigenvalue weighted by Crippen LogP contribution is 2.20. The molecule has 3 heteroatoms. The van der Waals surface area contributed by atoms with Gasteiger partial charge in [-0.05, 0) is 45.9 Å². The standard InChI is InChI=1S/C13H29N3/c1-13(2,10-15(4)5)11-16-8-6-7-12(9-16)14-3/h12,14H,6-11H2,1-5H3. The molecular weight excluding hydrogens is 198 g/mol. The predicted octanol–water partition coefficient (Wildman–Crippen LogP) is 1.26. The van der Waals surface area contributed by atoms with Gasteiger partial charge in [-0.2, -0.15) is 0 Å². The third kappa shape index (κ3) is 4.81. The quantitative estimate of drug-likeness (QED) is 0.763. The molecule has 1 aliphatic heterocycles. The molecule has 0 spiro atoms. The molecule has 0 aromatic heterocycles. The topological polar surface area (TPSA) is 18.5 Å². The Kier molecular flexibility index (Phi) is 5.22. The van der Waals surface area contributed by atoms with Gasteiger partial charge in [0.25, 0.3) is 0 Å². The molecule has 0 radical (unpaired) electrons. The lowest BCUT2D eigenvalue weighted by Gasteiger charge is -2.39. The van der Waals surface area contributed by atoms with E-state index < -0.39 is 0 Å². The van der Waals surface area contributed by atoms with Crippen LogP contribution >= 0.6 is 0 Å². The van der Waals surface area contributed by atoms with Gasteiger partial charge in [0, 0.05) is 25.7 Å². The highest BCUT2D eigenvalue weighted by Gasteiger charge is 2.26. The number of likely N-dealkylation sites (tertiary alicyclic amines) is 1. The molecule has 1 rings (SSSR count). The lowest BCUT2D eigenvalue weighted by atomic mass is 9.91. The summed E-state index contributed by atoms with van der Waals surface area (Å²) in [6.45, 7) is 9.60. The van der Waals surface area contributed by atoms with E-state index in [-0.39, 0.29) is 0 Å². The predicted molar refractivity (Wildman–Crippen MR) is 70.9 cm³/mol. The molecular formula is C13H29N3. The molecule has 0 aromatic carbocycles. The fourth-order valence-corrected chi connectivity index (χ4v) is 2.95. The Hall–Kier alpha value is -0.120. The second-order valence-electron chi connectivity index (χ2n) is 6.26. The molecule has 0 aromatic rings. The summed E-state index contributed by atoms with van der Waals surface area (Å²) >= 11 is 0. The Morgan fingerprint density at radius 2 is 2.06 bits per heavy atom. The van der Waals surface area contributed by atoms with Crippen LogP contribution in [0, 0.1) is 5.41 Å². The van der Waals surface area contributed by atoms with Crippen LogP contribution in [0.3, 0.4) is 0 Å². The molecule has 1 heterocycles. The summed E-state index contributed by atoms with van der Waals surface area (Å²) in [5.41, 5.74) is 0.388. The number of hydrogen-bond donors (Lipinski definition) is 1.